The maximum atomic E-state index is 11.0. The smallest absolute Gasteiger partial charge is 0.0847 e. The monoisotopic (exact) mass is 299 g/mol. The SMILES string of the molecule is CC[C@@H](Nc1c(N)cnc2ccccc12)C1(O)CCCCC1. The number of nitrogen functional groups attached to an aromatic ring is 1. The van der Waals surface area contributed by atoms with Crippen LogP contribution in [0.2, 0.25) is 0 Å². The van der Waals surface area contributed by atoms with E-state index in [1.165, 1.54) is 6.42 Å². The zero-order chi connectivity index (χ0) is 15.6. The molecule has 1 heterocycles. The summed E-state index contributed by atoms with van der Waals surface area (Å²) in [6, 6.07) is 7.99. The Kier molecular flexibility index (Phi) is 4.21. The van der Waals surface area contributed by atoms with Crippen molar-refractivity contribution >= 4 is 22.3 Å². The highest BCUT2D eigenvalue weighted by molar-refractivity contribution is 5.97. The predicted molar refractivity (Wildman–Crippen MR) is 91.9 cm³/mol. The molecule has 1 aliphatic rings. The summed E-state index contributed by atoms with van der Waals surface area (Å²) in [7, 11) is 0. The van der Waals surface area contributed by atoms with Crippen molar-refractivity contribution < 1.29 is 5.11 Å². The lowest BCUT2D eigenvalue weighted by Gasteiger charge is -2.40. The summed E-state index contributed by atoms with van der Waals surface area (Å²) in [5.41, 5.74) is 7.98. The lowest BCUT2D eigenvalue weighted by Crippen LogP contribution is -2.48. The first-order chi connectivity index (χ1) is 10.6. The van der Waals surface area contributed by atoms with Crippen molar-refractivity contribution in [1.29, 1.82) is 0 Å². The van der Waals surface area contributed by atoms with Gasteiger partial charge in [0.25, 0.3) is 0 Å². The van der Waals surface area contributed by atoms with E-state index in [2.05, 4.69) is 17.2 Å². The molecule has 1 fully saturated rings. The molecule has 0 aliphatic heterocycles. The summed E-state index contributed by atoms with van der Waals surface area (Å²) >= 11 is 0. The van der Waals surface area contributed by atoms with Gasteiger partial charge in [-0.15, -0.1) is 0 Å². The van der Waals surface area contributed by atoms with Crippen LogP contribution in [0.15, 0.2) is 30.5 Å². The van der Waals surface area contributed by atoms with Crippen LogP contribution in [0.5, 0.6) is 0 Å². The quantitative estimate of drug-likeness (QED) is 0.805. The van der Waals surface area contributed by atoms with Crippen molar-refractivity contribution in [2.24, 2.45) is 0 Å². The summed E-state index contributed by atoms with van der Waals surface area (Å²) in [5.74, 6) is 0. The van der Waals surface area contributed by atoms with Gasteiger partial charge in [0.15, 0.2) is 0 Å². The molecule has 1 aromatic carbocycles. The number of hydrogen-bond donors (Lipinski definition) is 3. The normalized spacial score (nSPS) is 19.0. The molecule has 4 nitrogen and oxygen atoms in total. The molecule has 3 rings (SSSR count). The van der Waals surface area contributed by atoms with Gasteiger partial charge in [-0.1, -0.05) is 44.4 Å². The van der Waals surface area contributed by atoms with Gasteiger partial charge in [0.1, 0.15) is 0 Å². The molecule has 0 radical (unpaired) electrons. The molecule has 1 aliphatic carbocycles. The van der Waals surface area contributed by atoms with E-state index in [0.29, 0.717) is 5.69 Å². The molecule has 0 bridgehead atoms. The molecule has 1 saturated carbocycles. The van der Waals surface area contributed by atoms with Crippen LogP contribution in [0.3, 0.4) is 0 Å². The van der Waals surface area contributed by atoms with Crippen LogP contribution >= 0.6 is 0 Å². The summed E-state index contributed by atoms with van der Waals surface area (Å²) < 4.78 is 0. The summed E-state index contributed by atoms with van der Waals surface area (Å²) in [6.45, 7) is 2.11. The molecule has 22 heavy (non-hydrogen) atoms. The van der Waals surface area contributed by atoms with Crippen molar-refractivity contribution in [3.63, 3.8) is 0 Å². The van der Waals surface area contributed by atoms with Gasteiger partial charge in [0, 0.05) is 5.39 Å². The first-order valence-corrected chi connectivity index (χ1v) is 8.26. The van der Waals surface area contributed by atoms with Crippen LogP contribution in [0.1, 0.15) is 45.4 Å². The summed E-state index contributed by atoms with van der Waals surface area (Å²) in [4.78, 5) is 4.38. The van der Waals surface area contributed by atoms with E-state index < -0.39 is 5.60 Å². The van der Waals surface area contributed by atoms with Crippen molar-refractivity contribution in [3.05, 3.63) is 30.5 Å². The Labute approximate surface area is 131 Å². The minimum Gasteiger partial charge on any atom is -0.396 e. The lowest BCUT2D eigenvalue weighted by molar-refractivity contribution is -0.0142. The molecule has 0 spiro atoms. The number of nitrogens with two attached hydrogens (primary N) is 1. The van der Waals surface area contributed by atoms with E-state index in [1.807, 2.05) is 24.3 Å². The second-order valence-corrected chi connectivity index (χ2v) is 6.38. The second-order valence-electron chi connectivity index (χ2n) is 6.38. The van der Waals surface area contributed by atoms with Gasteiger partial charge in [0.05, 0.1) is 34.7 Å². The van der Waals surface area contributed by atoms with Gasteiger partial charge in [-0.3, -0.25) is 4.98 Å². The molecule has 0 saturated heterocycles. The fourth-order valence-corrected chi connectivity index (χ4v) is 3.62. The van der Waals surface area contributed by atoms with Crippen molar-refractivity contribution in [3.8, 4) is 0 Å². The van der Waals surface area contributed by atoms with Crippen LogP contribution in [0.25, 0.3) is 10.9 Å². The maximum Gasteiger partial charge on any atom is 0.0847 e. The van der Waals surface area contributed by atoms with E-state index in [0.717, 1.165) is 48.7 Å². The Morgan fingerprint density at radius 2 is 2.00 bits per heavy atom. The third-order valence-corrected chi connectivity index (χ3v) is 4.90. The van der Waals surface area contributed by atoms with Gasteiger partial charge < -0.3 is 16.2 Å². The zero-order valence-electron chi connectivity index (χ0n) is 13.2. The van der Waals surface area contributed by atoms with Crippen LogP contribution in [0.4, 0.5) is 11.4 Å². The van der Waals surface area contributed by atoms with Gasteiger partial charge >= 0.3 is 0 Å². The van der Waals surface area contributed by atoms with Crippen LogP contribution in [-0.4, -0.2) is 21.7 Å². The van der Waals surface area contributed by atoms with Crippen molar-refractivity contribution in [2.75, 3.05) is 11.1 Å². The third kappa shape index (κ3) is 2.75. The summed E-state index contributed by atoms with van der Waals surface area (Å²) in [5, 5.41) is 15.6. The number of fused-ring (bicyclic) bond motifs is 1. The first-order valence-electron chi connectivity index (χ1n) is 8.26. The predicted octanol–water partition coefficient (Wildman–Crippen LogP) is 3.70. The number of rotatable bonds is 4. The second kappa shape index (κ2) is 6.13. The molecule has 2 aromatic rings. The Hall–Kier alpha value is -1.81. The third-order valence-electron chi connectivity index (χ3n) is 4.90. The lowest BCUT2D eigenvalue weighted by atomic mass is 9.78. The average molecular weight is 299 g/mol. The number of para-hydroxylation sites is 1. The first kappa shape index (κ1) is 15.1. The summed E-state index contributed by atoms with van der Waals surface area (Å²) in [6.07, 6.45) is 7.71. The minimum absolute atomic E-state index is 0.0147. The molecular formula is C18H25N3O. The molecular weight excluding hydrogens is 274 g/mol. The molecule has 0 unspecified atom stereocenters. The highest BCUT2D eigenvalue weighted by Gasteiger charge is 2.37. The number of benzene rings is 1. The van der Waals surface area contributed by atoms with E-state index >= 15 is 0 Å². The highest BCUT2D eigenvalue weighted by Crippen LogP contribution is 2.36. The van der Waals surface area contributed by atoms with Crippen LogP contribution in [0, 0.1) is 0 Å². The van der Waals surface area contributed by atoms with Crippen LogP contribution in [-0.2, 0) is 0 Å². The number of aromatic nitrogens is 1. The Morgan fingerprint density at radius 3 is 2.73 bits per heavy atom. The topological polar surface area (TPSA) is 71.2 Å². The van der Waals surface area contributed by atoms with Gasteiger partial charge in [-0.2, -0.15) is 0 Å². The standard InChI is InChI=1S/C18H25N3O/c1-2-16(18(22)10-6-3-7-11-18)21-17-13-8-4-5-9-15(13)20-12-14(17)19/h4-5,8-9,12,16,22H,2-3,6-7,10-11,19H2,1H3,(H,20,21)/t16-/m1/s1. The van der Waals surface area contributed by atoms with Crippen molar-refractivity contribution in [1.82, 2.24) is 4.98 Å². The zero-order valence-corrected chi connectivity index (χ0v) is 13.2. The van der Waals surface area contributed by atoms with E-state index in [-0.39, 0.29) is 6.04 Å². The van der Waals surface area contributed by atoms with Crippen LogP contribution < -0.4 is 11.1 Å². The molecule has 118 valence electrons. The Balaban J connectivity index is 1.95. The number of aliphatic hydroxyl groups is 1. The number of nitrogens with zero attached hydrogens (tertiary/aromatic N) is 1. The average Bonchev–Trinajstić information content (AvgIpc) is 2.54. The molecule has 1 aromatic heterocycles. The van der Waals surface area contributed by atoms with Crippen molar-refractivity contribution in [2.45, 2.75) is 57.1 Å². The van der Waals surface area contributed by atoms with E-state index in [4.69, 9.17) is 5.73 Å². The highest BCUT2D eigenvalue weighted by atomic mass is 16.3. The molecule has 4 N–H and O–H groups in total. The largest absolute Gasteiger partial charge is 0.396 e. The Morgan fingerprint density at radius 1 is 1.27 bits per heavy atom. The number of pyridine rings is 1. The van der Waals surface area contributed by atoms with Gasteiger partial charge in [0.2, 0.25) is 0 Å². The number of hydrogen-bond acceptors (Lipinski definition) is 4. The molecule has 1 atom stereocenters. The van der Waals surface area contributed by atoms with E-state index in [1.54, 1.807) is 6.20 Å². The Bertz CT molecular complexity index is 650. The van der Waals surface area contributed by atoms with E-state index in [9.17, 15) is 5.11 Å². The molecule has 4 heteroatoms. The molecule has 0 amide bonds. The van der Waals surface area contributed by atoms with Gasteiger partial charge in [-0.25, -0.2) is 0 Å². The maximum absolute atomic E-state index is 11.0. The van der Waals surface area contributed by atoms with Gasteiger partial charge in [-0.05, 0) is 25.3 Å². The number of anilines is 2. The minimum atomic E-state index is -0.635. The fraction of sp³-hybridized carbons (Fsp3) is 0.500. The fourth-order valence-electron chi connectivity index (χ4n) is 3.62. The number of nitrogens with one attached hydrogen (secondary N) is 1.